The monoisotopic (exact) mass is 207 g/mol. The molecule has 0 aromatic carbocycles. The number of rotatable bonds is 9. The number of nitrogens with one attached hydrogen (secondary N) is 1. The van der Waals surface area contributed by atoms with E-state index >= 15 is 0 Å². The third-order valence-corrected chi connectivity index (χ3v) is 2.59. The first-order valence-corrected chi connectivity index (χ1v) is 5.80. The van der Waals surface area contributed by atoms with Crippen molar-refractivity contribution in [2.24, 2.45) is 0 Å². The number of hydrogen-bond donors (Lipinski definition) is 1. The standard InChI is InChI=1S/C9H21NO2S/c1-4-13-6-5-10-7-9(12-3)8-11-2/h9-10H,4-8H2,1-3H3. The quantitative estimate of drug-likeness (QED) is 0.571. The summed E-state index contributed by atoms with van der Waals surface area (Å²) < 4.78 is 10.2. The van der Waals surface area contributed by atoms with Crippen LogP contribution in [-0.4, -0.2) is 51.5 Å². The van der Waals surface area contributed by atoms with E-state index in [-0.39, 0.29) is 6.10 Å². The molecule has 0 aromatic heterocycles. The molecule has 1 N–H and O–H groups in total. The van der Waals surface area contributed by atoms with Crippen LogP contribution in [0.4, 0.5) is 0 Å². The maximum absolute atomic E-state index is 5.20. The molecule has 0 fully saturated rings. The van der Waals surface area contributed by atoms with Crippen LogP contribution in [0.25, 0.3) is 0 Å². The summed E-state index contributed by atoms with van der Waals surface area (Å²) in [5.74, 6) is 2.35. The first-order chi connectivity index (χ1) is 6.35. The van der Waals surface area contributed by atoms with Crippen LogP contribution in [0.2, 0.25) is 0 Å². The summed E-state index contributed by atoms with van der Waals surface area (Å²) in [5.41, 5.74) is 0. The lowest BCUT2D eigenvalue weighted by Crippen LogP contribution is -2.32. The summed E-state index contributed by atoms with van der Waals surface area (Å²) in [4.78, 5) is 0. The second kappa shape index (κ2) is 10.3. The SMILES string of the molecule is CCSCCNCC(COC)OC. The van der Waals surface area contributed by atoms with E-state index in [0.29, 0.717) is 6.61 Å². The molecule has 0 amide bonds. The highest BCUT2D eigenvalue weighted by Gasteiger charge is 2.04. The summed E-state index contributed by atoms with van der Waals surface area (Å²) >= 11 is 1.95. The first-order valence-electron chi connectivity index (χ1n) is 4.65. The molecule has 0 aromatic rings. The predicted octanol–water partition coefficient (Wildman–Crippen LogP) is 0.990. The van der Waals surface area contributed by atoms with Crippen molar-refractivity contribution in [2.45, 2.75) is 13.0 Å². The fraction of sp³-hybridized carbons (Fsp3) is 1.00. The zero-order valence-corrected chi connectivity index (χ0v) is 9.65. The maximum atomic E-state index is 5.20. The van der Waals surface area contributed by atoms with Gasteiger partial charge in [-0.25, -0.2) is 0 Å². The second-order valence-corrected chi connectivity index (χ2v) is 4.11. The van der Waals surface area contributed by atoms with Gasteiger partial charge >= 0.3 is 0 Å². The fourth-order valence-electron chi connectivity index (χ4n) is 0.948. The lowest BCUT2D eigenvalue weighted by atomic mass is 10.4. The Balaban J connectivity index is 3.17. The van der Waals surface area contributed by atoms with Gasteiger partial charge in [-0.05, 0) is 5.75 Å². The number of ether oxygens (including phenoxy) is 2. The normalized spacial score (nSPS) is 13.2. The molecular weight excluding hydrogens is 186 g/mol. The van der Waals surface area contributed by atoms with E-state index in [1.807, 2.05) is 11.8 Å². The maximum Gasteiger partial charge on any atom is 0.0928 e. The van der Waals surface area contributed by atoms with Crippen LogP contribution < -0.4 is 5.32 Å². The molecule has 0 spiro atoms. The Morgan fingerprint density at radius 2 is 2.15 bits per heavy atom. The largest absolute Gasteiger partial charge is 0.382 e. The third-order valence-electron chi connectivity index (χ3n) is 1.69. The van der Waals surface area contributed by atoms with Crippen molar-refractivity contribution in [3.8, 4) is 0 Å². The van der Waals surface area contributed by atoms with Crippen molar-refractivity contribution in [2.75, 3.05) is 45.4 Å². The molecule has 0 saturated heterocycles. The molecule has 0 aliphatic heterocycles. The van der Waals surface area contributed by atoms with Crippen LogP contribution in [0.5, 0.6) is 0 Å². The van der Waals surface area contributed by atoms with E-state index in [9.17, 15) is 0 Å². The van der Waals surface area contributed by atoms with Crippen molar-refractivity contribution in [1.82, 2.24) is 5.32 Å². The van der Waals surface area contributed by atoms with Crippen molar-refractivity contribution >= 4 is 11.8 Å². The fourth-order valence-corrected chi connectivity index (χ4v) is 1.53. The van der Waals surface area contributed by atoms with E-state index in [1.165, 1.54) is 11.5 Å². The van der Waals surface area contributed by atoms with Crippen molar-refractivity contribution < 1.29 is 9.47 Å². The zero-order valence-electron chi connectivity index (χ0n) is 8.84. The Hall–Kier alpha value is 0.230. The molecule has 4 heteroatoms. The highest BCUT2D eigenvalue weighted by molar-refractivity contribution is 7.99. The topological polar surface area (TPSA) is 30.5 Å². The molecule has 0 aliphatic carbocycles. The third kappa shape index (κ3) is 8.56. The molecule has 13 heavy (non-hydrogen) atoms. The number of methoxy groups -OCH3 is 2. The molecule has 0 radical (unpaired) electrons. The van der Waals surface area contributed by atoms with Crippen molar-refractivity contribution in [3.63, 3.8) is 0 Å². The van der Waals surface area contributed by atoms with Gasteiger partial charge in [0.15, 0.2) is 0 Å². The van der Waals surface area contributed by atoms with Crippen LogP contribution in [0.3, 0.4) is 0 Å². The summed E-state index contributed by atoms with van der Waals surface area (Å²) in [6.45, 7) is 4.74. The van der Waals surface area contributed by atoms with E-state index in [4.69, 9.17) is 9.47 Å². The first kappa shape index (κ1) is 13.2. The Morgan fingerprint density at radius 3 is 2.69 bits per heavy atom. The smallest absolute Gasteiger partial charge is 0.0928 e. The van der Waals surface area contributed by atoms with Crippen LogP contribution in [-0.2, 0) is 9.47 Å². The number of thioether (sulfide) groups is 1. The minimum Gasteiger partial charge on any atom is -0.382 e. The van der Waals surface area contributed by atoms with Crippen LogP contribution in [0.1, 0.15) is 6.92 Å². The lowest BCUT2D eigenvalue weighted by Gasteiger charge is -2.14. The van der Waals surface area contributed by atoms with Gasteiger partial charge in [0.1, 0.15) is 0 Å². The molecule has 0 aliphatic rings. The molecule has 3 nitrogen and oxygen atoms in total. The summed E-state index contributed by atoms with van der Waals surface area (Å²) in [6.07, 6.45) is 0.177. The average Bonchev–Trinajstić information content (AvgIpc) is 2.16. The Labute approximate surface area is 85.6 Å². The molecular formula is C9H21NO2S. The Bertz CT molecular complexity index is 104. The van der Waals surface area contributed by atoms with Crippen molar-refractivity contribution in [3.05, 3.63) is 0 Å². The minimum absolute atomic E-state index is 0.177. The molecule has 1 atom stereocenters. The highest BCUT2D eigenvalue weighted by atomic mass is 32.2. The van der Waals surface area contributed by atoms with Gasteiger partial charge in [0.05, 0.1) is 12.7 Å². The van der Waals surface area contributed by atoms with Crippen molar-refractivity contribution in [1.29, 1.82) is 0 Å². The van der Waals surface area contributed by atoms with Gasteiger partial charge in [0.2, 0.25) is 0 Å². The lowest BCUT2D eigenvalue weighted by molar-refractivity contribution is 0.0293. The van der Waals surface area contributed by atoms with E-state index in [1.54, 1.807) is 14.2 Å². The molecule has 0 heterocycles. The van der Waals surface area contributed by atoms with Gasteiger partial charge in [0, 0.05) is 33.1 Å². The van der Waals surface area contributed by atoms with Gasteiger partial charge in [-0.1, -0.05) is 6.92 Å². The van der Waals surface area contributed by atoms with Crippen LogP contribution >= 0.6 is 11.8 Å². The average molecular weight is 207 g/mol. The molecule has 1 unspecified atom stereocenters. The van der Waals surface area contributed by atoms with E-state index in [2.05, 4.69) is 12.2 Å². The molecule has 80 valence electrons. The summed E-state index contributed by atoms with van der Waals surface area (Å²) in [7, 11) is 3.41. The van der Waals surface area contributed by atoms with Crippen LogP contribution in [0, 0.1) is 0 Å². The molecule has 0 saturated carbocycles. The Kier molecular flexibility index (Phi) is 10.5. The van der Waals surface area contributed by atoms with Crippen LogP contribution in [0.15, 0.2) is 0 Å². The van der Waals surface area contributed by atoms with E-state index < -0.39 is 0 Å². The van der Waals surface area contributed by atoms with Gasteiger partial charge < -0.3 is 14.8 Å². The zero-order chi connectivity index (χ0) is 9.94. The second-order valence-electron chi connectivity index (χ2n) is 2.71. The van der Waals surface area contributed by atoms with Gasteiger partial charge in [0.25, 0.3) is 0 Å². The Morgan fingerprint density at radius 1 is 1.38 bits per heavy atom. The summed E-state index contributed by atoms with van der Waals surface area (Å²) in [5, 5.41) is 3.33. The predicted molar refractivity (Wildman–Crippen MR) is 58.5 cm³/mol. The number of hydrogen-bond acceptors (Lipinski definition) is 4. The van der Waals surface area contributed by atoms with Gasteiger partial charge in [-0.2, -0.15) is 11.8 Å². The van der Waals surface area contributed by atoms with Gasteiger partial charge in [-0.15, -0.1) is 0 Å². The van der Waals surface area contributed by atoms with E-state index in [0.717, 1.165) is 13.1 Å². The molecule has 0 bridgehead atoms. The highest BCUT2D eigenvalue weighted by Crippen LogP contribution is 1.95. The molecule has 0 rings (SSSR count). The summed E-state index contributed by atoms with van der Waals surface area (Å²) in [6, 6.07) is 0. The van der Waals surface area contributed by atoms with Gasteiger partial charge in [-0.3, -0.25) is 0 Å². The minimum atomic E-state index is 0.177.